The van der Waals surface area contributed by atoms with Crippen molar-refractivity contribution in [1.29, 1.82) is 0 Å². The molecule has 1 atom stereocenters. The van der Waals surface area contributed by atoms with Gasteiger partial charge in [0, 0.05) is 37.3 Å². The van der Waals surface area contributed by atoms with Crippen LogP contribution in [0, 0.1) is 6.92 Å². The van der Waals surface area contributed by atoms with E-state index in [1.165, 1.54) is 16.0 Å². The van der Waals surface area contributed by atoms with E-state index in [1.807, 2.05) is 34.0 Å². The molecule has 2 aliphatic heterocycles. The van der Waals surface area contributed by atoms with Crippen molar-refractivity contribution in [3.05, 3.63) is 39.8 Å². The summed E-state index contributed by atoms with van der Waals surface area (Å²) < 4.78 is 2.03. The van der Waals surface area contributed by atoms with Crippen LogP contribution < -0.4 is 0 Å². The van der Waals surface area contributed by atoms with E-state index < -0.39 is 0 Å². The average molecular weight is 330 g/mol. The highest BCUT2D eigenvalue weighted by atomic mass is 32.1. The molecule has 0 N–H and O–H groups in total. The van der Waals surface area contributed by atoms with Crippen molar-refractivity contribution in [2.45, 2.75) is 38.9 Å². The second-order valence-electron chi connectivity index (χ2n) is 6.66. The first kappa shape index (κ1) is 14.9. The molecule has 2 aliphatic rings. The second-order valence-corrected chi connectivity index (χ2v) is 7.66. The van der Waals surface area contributed by atoms with Gasteiger partial charge in [0.1, 0.15) is 0 Å². The summed E-state index contributed by atoms with van der Waals surface area (Å²) in [6.45, 7) is 7.54. The molecule has 122 valence electrons. The molecule has 1 amide bonds. The lowest BCUT2D eigenvalue weighted by Crippen LogP contribution is -2.57. The van der Waals surface area contributed by atoms with Crippen molar-refractivity contribution >= 4 is 17.2 Å². The molecule has 0 bridgehead atoms. The van der Waals surface area contributed by atoms with Gasteiger partial charge in [0.05, 0.1) is 18.3 Å². The van der Waals surface area contributed by atoms with Crippen molar-refractivity contribution in [3.63, 3.8) is 0 Å². The van der Waals surface area contributed by atoms with E-state index in [9.17, 15) is 4.79 Å². The number of nitrogens with zero attached hydrogens (tertiary/aromatic N) is 4. The number of aromatic nitrogens is 2. The van der Waals surface area contributed by atoms with Crippen molar-refractivity contribution in [1.82, 2.24) is 19.6 Å². The molecule has 0 aromatic carbocycles. The minimum Gasteiger partial charge on any atom is -0.337 e. The van der Waals surface area contributed by atoms with Crippen molar-refractivity contribution in [3.8, 4) is 0 Å². The highest BCUT2D eigenvalue weighted by Gasteiger charge is 2.37. The topological polar surface area (TPSA) is 41.4 Å². The van der Waals surface area contributed by atoms with Crippen LogP contribution >= 0.6 is 11.3 Å². The Balaban J connectivity index is 1.35. The highest BCUT2D eigenvalue weighted by molar-refractivity contribution is 7.10. The number of hydrogen-bond acceptors (Lipinski definition) is 4. The molecule has 0 spiro atoms. The van der Waals surface area contributed by atoms with E-state index in [2.05, 4.69) is 34.6 Å². The molecule has 6 heteroatoms. The Morgan fingerprint density at radius 2 is 2.26 bits per heavy atom. The third-order valence-corrected chi connectivity index (χ3v) is 6.04. The molecule has 2 aromatic rings. The molecular weight excluding hydrogens is 308 g/mol. The normalized spacial score (nSPS) is 20.2. The minimum absolute atomic E-state index is 0.0388. The van der Waals surface area contributed by atoms with Gasteiger partial charge in [0.15, 0.2) is 0 Å². The van der Waals surface area contributed by atoms with Crippen LogP contribution in [0.2, 0.25) is 0 Å². The summed E-state index contributed by atoms with van der Waals surface area (Å²) in [6, 6.07) is 2.52. The van der Waals surface area contributed by atoms with Crippen LogP contribution in [0.15, 0.2) is 23.8 Å². The number of aryl methyl sites for hydroxylation is 1. The molecule has 2 aromatic heterocycles. The monoisotopic (exact) mass is 330 g/mol. The Labute approximate surface area is 140 Å². The molecule has 0 saturated carbocycles. The van der Waals surface area contributed by atoms with Gasteiger partial charge < -0.3 is 4.90 Å². The number of carbonyl (C=O) groups excluding carboxylic acids is 1. The van der Waals surface area contributed by atoms with Crippen molar-refractivity contribution in [2.24, 2.45) is 0 Å². The van der Waals surface area contributed by atoms with Gasteiger partial charge in [-0.2, -0.15) is 5.10 Å². The van der Waals surface area contributed by atoms with E-state index in [0.717, 1.165) is 32.6 Å². The zero-order chi connectivity index (χ0) is 16.0. The molecule has 0 aliphatic carbocycles. The highest BCUT2D eigenvalue weighted by Crippen LogP contribution is 2.27. The molecule has 1 saturated heterocycles. The maximum Gasteiger partial charge on any atom is 0.239 e. The lowest BCUT2D eigenvalue weighted by Gasteiger charge is -2.44. The largest absolute Gasteiger partial charge is 0.337 e. The first-order valence-corrected chi connectivity index (χ1v) is 9.08. The quantitative estimate of drug-likeness (QED) is 0.865. The maximum atomic E-state index is 12.8. The number of hydrogen-bond donors (Lipinski definition) is 0. The summed E-state index contributed by atoms with van der Waals surface area (Å²) in [6.07, 6.45) is 4.97. The Bertz CT molecular complexity index is 716. The van der Waals surface area contributed by atoms with Gasteiger partial charge in [-0.1, -0.05) is 0 Å². The first-order chi connectivity index (χ1) is 11.1. The number of carbonyl (C=O) groups is 1. The van der Waals surface area contributed by atoms with E-state index in [0.29, 0.717) is 6.04 Å². The third kappa shape index (κ3) is 2.70. The number of amides is 1. The van der Waals surface area contributed by atoms with Crippen LogP contribution in [0.4, 0.5) is 0 Å². The summed E-state index contributed by atoms with van der Waals surface area (Å²) in [5.74, 6) is 0.261. The first-order valence-electron chi connectivity index (χ1n) is 8.20. The molecule has 4 rings (SSSR count). The van der Waals surface area contributed by atoms with Crippen LogP contribution in [0.3, 0.4) is 0 Å². The Morgan fingerprint density at radius 3 is 3.00 bits per heavy atom. The summed E-state index contributed by atoms with van der Waals surface area (Å²) >= 11 is 1.81. The molecule has 1 unspecified atom stereocenters. The Hall–Kier alpha value is -1.66. The van der Waals surface area contributed by atoms with Crippen LogP contribution in [0.25, 0.3) is 0 Å². The van der Waals surface area contributed by atoms with Gasteiger partial charge in [-0.05, 0) is 42.8 Å². The second kappa shape index (κ2) is 5.76. The Morgan fingerprint density at radius 1 is 1.43 bits per heavy atom. The minimum atomic E-state index is -0.0388. The van der Waals surface area contributed by atoms with Gasteiger partial charge in [0.25, 0.3) is 0 Å². The van der Waals surface area contributed by atoms with E-state index in [1.54, 1.807) is 0 Å². The summed E-state index contributed by atoms with van der Waals surface area (Å²) in [5, 5.41) is 6.51. The molecule has 0 radical (unpaired) electrons. The van der Waals surface area contributed by atoms with Gasteiger partial charge in [-0.25, -0.2) is 0 Å². The molecule has 23 heavy (non-hydrogen) atoms. The fourth-order valence-electron chi connectivity index (χ4n) is 3.46. The lowest BCUT2D eigenvalue weighted by molar-refractivity contribution is -0.139. The predicted octanol–water partition coefficient (Wildman–Crippen LogP) is 2.08. The molecular formula is C17H22N4OS. The summed E-state index contributed by atoms with van der Waals surface area (Å²) in [4.78, 5) is 18.5. The fourth-order valence-corrected chi connectivity index (χ4v) is 4.35. The van der Waals surface area contributed by atoms with Gasteiger partial charge in [-0.3, -0.25) is 14.4 Å². The van der Waals surface area contributed by atoms with Gasteiger partial charge in [0.2, 0.25) is 5.91 Å². The van der Waals surface area contributed by atoms with E-state index >= 15 is 0 Å². The van der Waals surface area contributed by atoms with E-state index in [4.69, 9.17) is 0 Å². The smallest absolute Gasteiger partial charge is 0.239 e. The van der Waals surface area contributed by atoms with Crippen molar-refractivity contribution in [2.75, 3.05) is 19.6 Å². The zero-order valence-electron chi connectivity index (χ0n) is 13.6. The van der Waals surface area contributed by atoms with Gasteiger partial charge >= 0.3 is 0 Å². The SMILES string of the molecule is Cc1cnn(C2CN(C(C)C(=O)N3CCc4sccc4C3)C2)c1. The van der Waals surface area contributed by atoms with Gasteiger partial charge in [-0.15, -0.1) is 11.3 Å². The van der Waals surface area contributed by atoms with Crippen molar-refractivity contribution < 1.29 is 4.79 Å². The third-order valence-electron chi connectivity index (χ3n) is 5.02. The predicted molar refractivity (Wildman–Crippen MR) is 90.5 cm³/mol. The Kier molecular flexibility index (Phi) is 3.73. The van der Waals surface area contributed by atoms with E-state index in [-0.39, 0.29) is 11.9 Å². The number of likely N-dealkylation sites (tertiary alicyclic amines) is 1. The van der Waals surface area contributed by atoms with Crippen LogP contribution in [-0.2, 0) is 17.8 Å². The molecule has 5 nitrogen and oxygen atoms in total. The van der Waals surface area contributed by atoms with Crippen LogP contribution in [0.1, 0.15) is 29.0 Å². The number of rotatable bonds is 3. The van der Waals surface area contributed by atoms with Crippen LogP contribution in [-0.4, -0.2) is 51.2 Å². The molecule has 1 fully saturated rings. The summed E-state index contributed by atoms with van der Waals surface area (Å²) in [5.41, 5.74) is 2.52. The maximum absolute atomic E-state index is 12.8. The van der Waals surface area contributed by atoms with Crippen LogP contribution in [0.5, 0.6) is 0 Å². The zero-order valence-corrected chi connectivity index (χ0v) is 14.4. The average Bonchev–Trinajstić information content (AvgIpc) is 3.13. The summed E-state index contributed by atoms with van der Waals surface area (Å²) in [7, 11) is 0. The molecule has 4 heterocycles. The lowest BCUT2D eigenvalue weighted by atomic mass is 10.0. The number of thiophene rings is 1. The fraction of sp³-hybridized carbons (Fsp3) is 0.529. The number of fused-ring (bicyclic) bond motifs is 1. The standard InChI is InChI=1S/C17H22N4OS/c1-12-7-18-21(8-12)15-10-20(11-15)13(2)17(22)19-5-3-16-14(9-19)4-6-23-16/h4,6-8,13,15H,3,5,9-11H2,1-2H3.